The maximum Gasteiger partial charge on any atom is 0.410 e. The first kappa shape index (κ1) is 19.1. The highest BCUT2D eigenvalue weighted by atomic mass is 19.1. The number of morpholine rings is 1. The molecule has 3 rings (SSSR count). The number of ether oxygens (including phenoxy) is 2. The van der Waals surface area contributed by atoms with Gasteiger partial charge in [-0.3, -0.25) is 4.90 Å². The van der Waals surface area contributed by atoms with E-state index in [-0.39, 0.29) is 24.0 Å². The van der Waals surface area contributed by atoms with Gasteiger partial charge in [0, 0.05) is 12.8 Å². The van der Waals surface area contributed by atoms with Crippen LogP contribution in [0, 0.1) is 19.7 Å². The maximum absolute atomic E-state index is 14.0. The molecule has 1 N–H and O–H groups in total. The van der Waals surface area contributed by atoms with E-state index in [1.165, 1.54) is 0 Å². The van der Waals surface area contributed by atoms with Crippen molar-refractivity contribution < 1.29 is 23.8 Å². The number of aryl methyl sites for hydroxylation is 2. The van der Waals surface area contributed by atoms with Gasteiger partial charge in [0.2, 0.25) is 0 Å². The van der Waals surface area contributed by atoms with E-state index in [9.17, 15) is 14.3 Å². The largest absolute Gasteiger partial charge is 0.444 e. The molecule has 2 aliphatic rings. The molecule has 0 aromatic heterocycles. The second kappa shape index (κ2) is 6.50. The lowest BCUT2D eigenvalue weighted by atomic mass is 9.76. The average molecular weight is 365 g/mol. The zero-order chi connectivity index (χ0) is 19.3. The van der Waals surface area contributed by atoms with Crippen molar-refractivity contribution in [1.82, 2.24) is 4.90 Å². The van der Waals surface area contributed by atoms with Gasteiger partial charge < -0.3 is 14.6 Å². The topological polar surface area (TPSA) is 59.0 Å². The Bertz CT molecular complexity index is 675. The zero-order valence-corrected chi connectivity index (χ0v) is 16.1. The number of piperidine rings is 1. The summed E-state index contributed by atoms with van der Waals surface area (Å²) >= 11 is 0. The van der Waals surface area contributed by atoms with E-state index >= 15 is 0 Å². The van der Waals surface area contributed by atoms with Crippen LogP contribution in [0.15, 0.2) is 12.1 Å². The number of aliphatic hydroxyl groups is 1. The van der Waals surface area contributed by atoms with Gasteiger partial charge in [0.15, 0.2) is 0 Å². The number of carbonyl (C=O) groups excluding carboxylic acids is 1. The predicted molar refractivity (Wildman–Crippen MR) is 95.5 cm³/mol. The number of benzene rings is 1. The molecular formula is C20H28FNO4. The minimum Gasteiger partial charge on any atom is -0.444 e. The van der Waals surface area contributed by atoms with Gasteiger partial charge in [-0.05, 0) is 51.3 Å². The third-order valence-corrected chi connectivity index (χ3v) is 5.13. The molecule has 2 fully saturated rings. The van der Waals surface area contributed by atoms with Gasteiger partial charge in [0.1, 0.15) is 11.4 Å². The van der Waals surface area contributed by atoms with Crippen LogP contribution in [-0.4, -0.2) is 47.0 Å². The van der Waals surface area contributed by atoms with E-state index in [2.05, 4.69) is 0 Å². The van der Waals surface area contributed by atoms with Crippen LogP contribution in [0.4, 0.5) is 9.18 Å². The second-order valence-corrected chi connectivity index (χ2v) is 8.60. The summed E-state index contributed by atoms with van der Waals surface area (Å²) in [5.74, 6) is -0.243. The van der Waals surface area contributed by atoms with Crippen molar-refractivity contribution in [2.75, 3.05) is 13.2 Å². The highest BCUT2D eigenvalue weighted by Gasteiger charge is 2.50. The van der Waals surface area contributed by atoms with Gasteiger partial charge in [-0.1, -0.05) is 12.1 Å². The smallest absolute Gasteiger partial charge is 0.410 e. The fourth-order valence-electron chi connectivity index (χ4n) is 4.04. The van der Waals surface area contributed by atoms with Crippen molar-refractivity contribution in [3.05, 3.63) is 34.6 Å². The Morgan fingerprint density at radius 3 is 2.19 bits per heavy atom. The van der Waals surface area contributed by atoms with E-state index in [1.807, 2.05) is 20.8 Å². The van der Waals surface area contributed by atoms with Crippen LogP contribution in [0.25, 0.3) is 0 Å². The first-order valence-electron chi connectivity index (χ1n) is 9.09. The number of hydrogen-bond donors (Lipinski definition) is 1. The van der Waals surface area contributed by atoms with Crippen molar-refractivity contribution in [1.29, 1.82) is 0 Å². The number of amides is 1. The predicted octanol–water partition coefficient (Wildman–Crippen LogP) is 3.43. The number of rotatable bonds is 1. The third-order valence-electron chi connectivity index (χ3n) is 5.13. The average Bonchev–Trinajstić information content (AvgIpc) is 2.49. The number of fused-ring (bicyclic) bond motifs is 2. The lowest BCUT2D eigenvalue weighted by Crippen LogP contribution is -2.63. The molecule has 26 heavy (non-hydrogen) atoms. The molecule has 0 saturated carbocycles. The molecule has 0 aliphatic carbocycles. The number of carbonyl (C=O) groups is 1. The molecule has 144 valence electrons. The van der Waals surface area contributed by atoms with Crippen LogP contribution in [0.1, 0.15) is 50.3 Å². The Balaban J connectivity index is 1.88. The molecule has 2 bridgehead atoms. The maximum atomic E-state index is 14.0. The lowest BCUT2D eigenvalue weighted by Gasteiger charge is -2.51. The van der Waals surface area contributed by atoms with Crippen molar-refractivity contribution in [2.24, 2.45) is 0 Å². The normalized spacial score (nSPS) is 28.8. The van der Waals surface area contributed by atoms with E-state index in [0.717, 1.165) is 0 Å². The summed E-state index contributed by atoms with van der Waals surface area (Å²) in [5.41, 5.74) is 0.0508. The van der Waals surface area contributed by atoms with Crippen LogP contribution in [-0.2, 0) is 15.1 Å². The van der Waals surface area contributed by atoms with Crippen LogP contribution in [0.3, 0.4) is 0 Å². The quantitative estimate of drug-likeness (QED) is 0.828. The van der Waals surface area contributed by atoms with Gasteiger partial charge in [-0.25, -0.2) is 9.18 Å². The van der Waals surface area contributed by atoms with E-state index in [1.54, 1.807) is 30.9 Å². The summed E-state index contributed by atoms with van der Waals surface area (Å²) in [4.78, 5) is 14.4. The summed E-state index contributed by atoms with van der Waals surface area (Å²) in [7, 11) is 0. The summed E-state index contributed by atoms with van der Waals surface area (Å²) in [5, 5.41) is 11.4. The fourth-order valence-corrected chi connectivity index (χ4v) is 4.04. The van der Waals surface area contributed by atoms with Crippen LogP contribution < -0.4 is 0 Å². The SMILES string of the molecule is Cc1cc(C2(O)CC3COCC(C2)N3C(=O)OC(C)(C)C)cc(C)c1F. The highest BCUT2D eigenvalue weighted by Crippen LogP contribution is 2.42. The summed E-state index contributed by atoms with van der Waals surface area (Å²) in [6.07, 6.45) is 0.310. The standard InChI is InChI=1S/C20H28FNO4/c1-12-6-14(7-13(2)17(12)21)20(24)8-15-10-25-11-16(9-20)22(15)18(23)26-19(3,4)5/h6-7,15-16,24H,8-11H2,1-5H3. The first-order chi connectivity index (χ1) is 12.0. The van der Waals surface area contributed by atoms with Gasteiger partial charge in [-0.15, -0.1) is 0 Å². The Morgan fingerprint density at radius 1 is 1.23 bits per heavy atom. The lowest BCUT2D eigenvalue weighted by molar-refractivity contribution is -0.141. The van der Waals surface area contributed by atoms with Gasteiger partial charge in [0.25, 0.3) is 0 Å². The summed E-state index contributed by atoms with van der Waals surface area (Å²) < 4.78 is 25.2. The van der Waals surface area contributed by atoms with Crippen molar-refractivity contribution in [3.8, 4) is 0 Å². The van der Waals surface area contributed by atoms with E-state index in [0.29, 0.717) is 42.7 Å². The monoisotopic (exact) mass is 365 g/mol. The third kappa shape index (κ3) is 3.58. The fraction of sp³-hybridized carbons (Fsp3) is 0.650. The highest BCUT2D eigenvalue weighted by molar-refractivity contribution is 5.69. The second-order valence-electron chi connectivity index (χ2n) is 8.60. The van der Waals surface area contributed by atoms with Crippen LogP contribution in [0.2, 0.25) is 0 Å². The molecule has 2 heterocycles. The Hall–Kier alpha value is -1.66. The van der Waals surface area contributed by atoms with Crippen LogP contribution >= 0.6 is 0 Å². The van der Waals surface area contributed by atoms with Crippen LogP contribution in [0.5, 0.6) is 0 Å². The Morgan fingerprint density at radius 2 is 1.73 bits per heavy atom. The molecule has 2 aliphatic heterocycles. The molecule has 1 aromatic carbocycles. The van der Waals surface area contributed by atoms with E-state index < -0.39 is 11.2 Å². The molecule has 2 saturated heterocycles. The zero-order valence-electron chi connectivity index (χ0n) is 16.1. The van der Waals surface area contributed by atoms with Crippen molar-refractivity contribution in [3.63, 3.8) is 0 Å². The molecule has 1 aromatic rings. The molecule has 0 radical (unpaired) electrons. The Kier molecular flexibility index (Phi) is 4.78. The summed E-state index contributed by atoms with van der Waals surface area (Å²) in [6.45, 7) is 9.63. The Labute approximate surface area is 154 Å². The molecule has 1 amide bonds. The van der Waals surface area contributed by atoms with Crippen molar-refractivity contribution >= 4 is 6.09 Å². The number of hydrogen-bond acceptors (Lipinski definition) is 4. The number of nitrogens with zero attached hydrogens (tertiary/aromatic N) is 1. The van der Waals surface area contributed by atoms with E-state index in [4.69, 9.17) is 9.47 Å². The van der Waals surface area contributed by atoms with Gasteiger partial charge in [-0.2, -0.15) is 0 Å². The molecule has 6 heteroatoms. The van der Waals surface area contributed by atoms with Gasteiger partial charge in [0.05, 0.1) is 30.9 Å². The van der Waals surface area contributed by atoms with Gasteiger partial charge >= 0.3 is 6.09 Å². The summed E-state index contributed by atoms with van der Waals surface area (Å²) in [6, 6.07) is 2.88. The van der Waals surface area contributed by atoms with Crippen molar-refractivity contribution in [2.45, 2.75) is 70.7 Å². The molecule has 2 unspecified atom stereocenters. The molecule has 0 spiro atoms. The molecular weight excluding hydrogens is 337 g/mol. The minimum atomic E-state index is -1.11. The first-order valence-corrected chi connectivity index (χ1v) is 9.09. The molecule has 2 atom stereocenters. The number of halogens is 1. The molecule has 5 nitrogen and oxygen atoms in total. The minimum absolute atomic E-state index is 0.243.